The van der Waals surface area contributed by atoms with Gasteiger partial charge >= 0.3 is 0 Å². The van der Waals surface area contributed by atoms with Crippen LogP contribution in [0.15, 0.2) is 24.3 Å². The van der Waals surface area contributed by atoms with Gasteiger partial charge < -0.3 is 15.8 Å². The summed E-state index contributed by atoms with van der Waals surface area (Å²) in [7, 11) is 3.64. The minimum Gasteiger partial charge on any atom is -0.497 e. The zero-order valence-corrected chi connectivity index (χ0v) is 13.4. The van der Waals surface area contributed by atoms with Crippen molar-refractivity contribution in [2.45, 2.75) is 38.9 Å². The highest BCUT2D eigenvalue weighted by Crippen LogP contribution is 2.14. The predicted molar refractivity (Wildman–Crippen MR) is 85.2 cm³/mol. The fourth-order valence-electron chi connectivity index (χ4n) is 2.16. The van der Waals surface area contributed by atoms with Crippen LogP contribution < -0.4 is 15.8 Å². The Bertz CT molecular complexity index is 432. The summed E-state index contributed by atoms with van der Waals surface area (Å²) < 4.78 is 5.15. The Morgan fingerprint density at radius 1 is 1.33 bits per heavy atom. The summed E-state index contributed by atoms with van der Waals surface area (Å²) in [4.78, 5) is 14.0. The second-order valence-corrected chi connectivity index (χ2v) is 5.58. The van der Waals surface area contributed by atoms with E-state index in [1.807, 2.05) is 45.2 Å². The lowest BCUT2D eigenvalue weighted by Crippen LogP contribution is -2.42. The zero-order valence-electron chi connectivity index (χ0n) is 13.4. The number of hydrogen-bond acceptors (Lipinski definition) is 4. The molecule has 0 aliphatic carbocycles. The SMILES string of the molecule is COc1ccc(CN(C)C(CN)CC(=O)NC(C)C)cc1. The van der Waals surface area contributed by atoms with Crippen LogP contribution in [0.3, 0.4) is 0 Å². The molecule has 0 aromatic heterocycles. The van der Waals surface area contributed by atoms with Gasteiger partial charge in [-0.2, -0.15) is 0 Å². The molecule has 0 saturated carbocycles. The number of ether oxygens (including phenoxy) is 1. The molecule has 1 atom stereocenters. The first-order valence-electron chi connectivity index (χ1n) is 7.28. The second-order valence-electron chi connectivity index (χ2n) is 5.58. The molecular weight excluding hydrogens is 266 g/mol. The Morgan fingerprint density at radius 2 is 1.95 bits per heavy atom. The fraction of sp³-hybridized carbons (Fsp3) is 0.562. The Hall–Kier alpha value is -1.59. The van der Waals surface area contributed by atoms with Crippen molar-refractivity contribution in [1.29, 1.82) is 0 Å². The van der Waals surface area contributed by atoms with E-state index >= 15 is 0 Å². The molecular formula is C16H27N3O2. The lowest BCUT2D eigenvalue weighted by molar-refractivity contribution is -0.122. The van der Waals surface area contributed by atoms with E-state index < -0.39 is 0 Å². The van der Waals surface area contributed by atoms with E-state index in [0.29, 0.717) is 13.0 Å². The Kier molecular flexibility index (Phi) is 7.19. The molecule has 0 spiro atoms. The minimum atomic E-state index is 0.0332. The summed E-state index contributed by atoms with van der Waals surface area (Å²) in [5.41, 5.74) is 6.98. The van der Waals surface area contributed by atoms with E-state index in [0.717, 1.165) is 12.3 Å². The third kappa shape index (κ3) is 6.14. The lowest BCUT2D eigenvalue weighted by Gasteiger charge is -2.27. The average molecular weight is 293 g/mol. The number of nitrogens with two attached hydrogens (primary N) is 1. The van der Waals surface area contributed by atoms with Crippen molar-refractivity contribution < 1.29 is 9.53 Å². The van der Waals surface area contributed by atoms with Gasteiger partial charge in [0, 0.05) is 31.6 Å². The van der Waals surface area contributed by atoms with Gasteiger partial charge in [-0.25, -0.2) is 0 Å². The number of rotatable bonds is 8. The molecule has 5 heteroatoms. The summed E-state index contributed by atoms with van der Waals surface area (Å²) >= 11 is 0. The van der Waals surface area contributed by atoms with Crippen LogP contribution in [0.5, 0.6) is 5.75 Å². The molecule has 1 rings (SSSR count). The number of carbonyl (C=O) groups is 1. The number of methoxy groups -OCH3 is 1. The fourth-order valence-corrected chi connectivity index (χ4v) is 2.16. The minimum absolute atomic E-state index is 0.0332. The highest BCUT2D eigenvalue weighted by Gasteiger charge is 2.17. The van der Waals surface area contributed by atoms with Crippen molar-refractivity contribution in [3.05, 3.63) is 29.8 Å². The number of benzene rings is 1. The van der Waals surface area contributed by atoms with Gasteiger partial charge in [0.2, 0.25) is 5.91 Å². The van der Waals surface area contributed by atoms with E-state index in [4.69, 9.17) is 10.5 Å². The predicted octanol–water partition coefficient (Wildman–Crippen LogP) is 1.37. The Balaban J connectivity index is 2.57. The monoisotopic (exact) mass is 293 g/mol. The van der Waals surface area contributed by atoms with Gasteiger partial charge in [-0.3, -0.25) is 9.69 Å². The van der Waals surface area contributed by atoms with Crippen LogP contribution >= 0.6 is 0 Å². The standard InChI is InChI=1S/C16H27N3O2/c1-12(2)18-16(20)9-14(10-17)19(3)11-13-5-7-15(21-4)8-6-13/h5-8,12,14H,9-11,17H2,1-4H3,(H,18,20). The number of likely N-dealkylation sites (N-methyl/N-ethyl adjacent to an activating group) is 1. The molecule has 1 aromatic rings. The van der Waals surface area contributed by atoms with Crippen LogP contribution in [0.2, 0.25) is 0 Å². The maximum Gasteiger partial charge on any atom is 0.221 e. The molecule has 1 aromatic carbocycles. The summed E-state index contributed by atoms with van der Waals surface area (Å²) in [5.74, 6) is 0.884. The van der Waals surface area contributed by atoms with E-state index in [1.54, 1.807) is 7.11 Å². The molecule has 0 aliphatic heterocycles. The molecule has 3 N–H and O–H groups in total. The molecule has 21 heavy (non-hydrogen) atoms. The first-order valence-corrected chi connectivity index (χ1v) is 7.28. The topological polar surface area (TPSA) is 67.6 Å². The first-order chi connectivity index (χ1) is 9.96. The number of carbonyl (C=O) groups excluding carboxylic acids is 1. The van der Waals surface area contributed by atoms with Gasteiger partial charge in [0.05, 0.1) is 7.11 Å². The number of hydrogen-bond donors (Lipinski definition) is 2. The molecule has 0 heterocycles. The molecule has 118 valence electrons. The van der Waals surface area contributed by atoms with Crippen LogP contribution in [0, 0.1) is 0 Å². The third-order valence-electron chi connectivity index (χ3n) is 3.36. The second kappa shape index (κ2) is 8.64. The van der Waals surface area contributed by atoms with Crippen molar-refractivity contribution in [3.8, 4) is 5.75 Å². The normalized spacial score (nSPS) is 12.5. The molecule has 1 amide bonds. The van der Waals surface area contributed by atoms with Crippen molar-refractivity contribution in [2.75, 3.05) is 20.7 Å². The number of nitrogens with zero attached hydrogens (tertiary/aromatic N) is 1. The van der Waals surface area contributed by atoms with Crippen LogP contribution in [0.1, 0.15) is 25.8 Å². The summed E-state index contributed by atoms with van der Waals surface area (Å²) in [6, 6.07) is 8.11. The lowest BCUT2D eigenvalue weighted by atomic mass is 10.1. The summed E-state index contributed by atoms with van der Waals surface area (Å²) in [5, 5.41) is 2.90. The van der Waals surface area contributed by atoms with E-state index in [2.05, 4.69) is 10.2 Å². The van der Waals surface area contributed by atoms with E-state index in [1.165, 1.54) is 5.56 Å². The molecule has 0 bridgehead atoms. The van der Waals surface area contributed by atoms with Crippen molar-refractivity contribution in [3.63, 3.8) is 0 Å². The average Bonchev–Trinajstić information content (AvgIpc) is 2.44. The molecule has 0 radical (unpaired) electrons. The molecule has 0 fully saturated rings. The van der Waals surface area contributed by atoms with Crippen molar-refractivity contribution in [1.82, 2.24) is 10.2 Å². The van der Waals surface area contributed by atoms with E-state index in [-0.39, 0.29) is 18.0 Å². The van der Waals surface area contributed by atoms with Crippen LogP contribution in [0.25, 0.3) is 0 Å². The maximum atomic E-state index is 11.9. The van der Waals surface area contributed by atoms with Gasteiger partial charge in [-0.05, 0) is 38.6 Å². The van der Waals surface area contributed by atoms with Gasteiger partial charge in [0.15, 0.2) is 0 Å². The Morgan fingerprint density at radius 3 is 2.43 bits per heavy atom. The van der Waals surface area contributed by atoms with E-state index in [9.17, 15) is 4.79 Å². The number of nitrogens with one attached hydrogen (secondary N) is 1. The Labute approximate surface area is 127 Å². The third-order valence-corrected chi connectivity index (χ3v) is 3.36. The zero-order chi connectivity index (χ0) is 15.8. The first kappa shape index (κ1) is 17.5. The smallest absolute Gasteiger partial charge is 0.221 e. The quantitative estimate of drug-likeness (QED) is 0.759. The molecule has 5 nitrogen and oxygen atoms in total. The van der Waals surface area contributed by atoms with Gasteiger partial charge in [0.1, 0.15) is 5.75 Å². The molecule has 0 saturated heterocycles. The largest absolute Gasteiger partial charge is 0.497 e. The number of amides is 1. The molecule has 0 aliphatic rings. The van der Waals surface area contributed by atoms with Gasteiger partial charge in [0.25, 0.3) is 0 Å². The van der Waals surface area contributed by atoms with Crippen LogP contribution in [-0.2, 0) is 11.3 Å². The highest BCUT2D eigenvalue weighted by molar-refractivity contribution is 5.76. The van der Waals surface area contributed by atoms with Gasteiger partial charge in [-0.15, -0.1) is 0 Å². The van der Waals surface area contributed by atoms with Crippen molar-refractivity contribution >= 4 is 5.91 Å². The highest BCUT2D eigenvalue weighted by atomic mass is 16.5. The summed E-state index contributed by atoms with van der Waals surface area (Å²) in [6.07, 6.45) is 0.418. The summed E-state index contributed by atoms with van der Waals surface area (Å²) in [6.45, 7) is 5.12. The van der Waals surface area contributed by atoms with Crippen molar-refractivity contribution in [2.24, 2.45) is 5.73 Å². The molecule has 1 unspecified atom stereocenters. The van der Waals surface area contributed by atoms with Crippen LogP contribution in [0.4, 0.5) is 0 Å². The maximum absolute atomic E-state index is 11.9. The van der Waals surface area contributed by atoms with Crippen LogP contribution in [-0.4, -0.2) is 43.6 Å². The van der Waals surface area contributed by atoms with Gasteiger partial charge in [-0.1, -0.05) is 12.1 Å².